The van der Waals surface area contributed by atoms with E-state index in [0.29, 0.717) is 5.56 Å². The predicted octanol–water partition coefficient (Wildman–Crippen LogP) is 1.86. The lowest BCUT2D eigenvalue weighted by atomic mass is 9.85. The maximum atomic E-state index is 10.7. The minimum Gasteiger partial charge on any atom is -0.477 e. The van der Waals surface area contributed by atoms with Crippen molar-refractivity contribution in [3.8, 4) is 0 Å². The molecule has 0 aromatic carbocycles. The molecule has 0 spiro atoms. The first kappa shape index (κ1) is 11.7. The average molecular weight is 209 g/mol. The summed E-state index contributed by atoms with van der Waals surface area (Å²) in [7, 11) is 0. The normalized spacial score (nSPS) is 13.6. The van der Waals surface area contributed by atoms with Crippen molar-refractivity contribution in [2.24, 2.45) is 5.41 Å². The first-order valence-electron chi connectivity index (χ1n) is 4.69. The van der Waals surface area contributed by atoms with Crippen molar-refractivity contribution in [1.82, 2.24) is 4.98 Å². The van der Waals surface area contributed by atoms with E-state index in [1.54, 1.807) is 6.07 Å². The van der Waals surface area contributed by atoms with Crippen LogP contribution in [0.25, 0.3) is 0 Å². The van der Waals surface area contributed by atoms with Crippen molar-refractivity contribution < 1.29 is 15.0 Å². The molecule has 15 heavy (non-hydrogen) atoms. The molecule has 1 aromatic rings. The van der Waals surface area contributed by atoms with E-state index >= 15 is 0 Å². The van der Waals surface area contributed by atoms with Crippen molar-refractivity contribution in [3.63, 3.8) is 0 Å². The maximum absolute atomic E-state index is 10.7. The lowest BCUT2D eigenvalue weighted by Gasteiger charge is -2.26. The van der Waals surface area contributed by atoms with Gasteiger partial charge in [-0.25, -0.2) is 9.78 Å². The highest BCUT2D eigenvalue weighted by atomic mass is 16.4. The van der Waals surface area contributed by atoms with Crippen LogP contribution in [0, 0.1) is 5.41 Å². The Labute approximate surface area is 88.6 Å². The molecular weight excluding hydrogens is 194 g/mol. The number of hydrogen-bond donors (Lipinski definition) is 2. The van der Waals surface area contributed by atoms with Gasteiger partial charge < -0.3 is 10.2 Å². The Bertz CT molecular complexity index is 368. The van der Waals surface area contributed by atoms with Gasteiger partial charge in [0.25, 0.3) is 0 Å². The fourth-order valence-corrected chi connectivity index (χ4v) is 1.23. The zero-order chi connectivity index (χ0) is 11.6. The predicted molar refractivity (Wildman–Crippen MR) is 55.6 cm³/mol. The van der Waals surface area contributed by atoms with Crippen LogP contribution < -0.4 is 0 Å². The highest BCUT2D eigenvalue weighted by Crippen LogP contribution is 2.32. The molecule has 0 aliphatic heterocycles. The Morgan fingerprint density at radius 2 is 2.07 bits per heavy atom. The molecule has 82 valence electrons. The SMILES string of the molecule is CC(C)(C)[C@H](O)c1ccnc(C(=O)O)c1. The van der Waals surface area contributed by atoms with Gasteiger partial charge in [-0.3, -0.25) is 0 Å². The van der Waals surface area contributed by atoms with Gasteiger partial charge in [-0.15, -0.1) is 0 Å². The molecule has 0 saturated heterocycles. The molecule has 0 aliphatic rings. The molecule has 0 saturated carbocycles. The summed E-state index contributed by atoms with van der Waals surface area (Å²) in [5.74, 6) is -1.09. The Morgan fingerprint density at radius 1 is 1.47 bits per heavy atom. The van der Waals surface area contributed by atoms with E-state index in [9.17, 15) is 9.90 Å². The number of carboxylic acid groups (broad SMARTS) is 1. The molecule has 0 aliphatic carbocycles. The third kappa shape index (κ3) is 2.76. The Kier molecular flexibility index (Phi) is 3.09. The summed E-state index contributed by atoms with van der Waals surface area (Å²) in [6, 6.07) is 3.03. The minimum absolute atomic E-state index is 0.0456. The second kappa shape index (κ2) is 3.98. The Hall–Kier alpha value is -1.42. The zero-order valence-electron chi connectivity index (χ0n) is 9.06. The Morgan fingerprint density at radius 3 is 2.53 bits per heavy atom. The van der Waals surface area contributed by atoms with E-state index in [1.807, 2.05) is 20.8 Å². The fourth-order valence-electron chi connectivity index (χ4n) is 1.23. The highest BCUT2D eigenvalue weighted by molar-refractivity contribution is 5.85. The van der Waals surface area contributed by atoms with Crippen molar-refractivity contribution in [1.29, 1.82) is 0 Å². The third-order valence-electron chi connectivity index (χ3n) is 2.14. The third-order valence-corrected chi connectivity index (χ3v) is 2.14. The minimum atomic E-state index is -1.09. The summed E-state index contributed by atoms with van der Waals surface area (Å²) in [6.07, 6.45) is 0.701. The number of carbonyl (C=O) groups is 1. The number of aliphatic hydroxyl groups excluding tert-OH is 1. The largest absolute Gasteiger partial charge is 0.477 e. The van der Waals surface area contributed by atoms with Crippen LogP contribution in [0.1, 0.15) is 42.9 Å². The lowest BCUT2D eigenvalue weighted by molar-refractivity contribution is 0.0617. The van der Waals surface area contributed by atoms with E-state index < -0.39 is 12.1 Å². The molecule has 1 heterocycles. The summed E-state index contributed by atoms with van der Waals surface area (Å²) in [4.78, 5) is 14.4. The van der Waals surface area contributed by atoms with Crippen LogP contribution in [0.2, 0.25) is 0 Å². The number of hydrogen-bond acceptors (Lipinski definition) is 3. The van der Waals surface area contributed by atoms with Gasteiger partial charge in [-0.2, -0.15) is 0 Å². The molecule has 1 atom stereocenters. The van der Waals surface area contributed by atoms with E-state index in [2.05, 4.69) is 4.98 Å². The van der Waals surface area contributed by atoms with Gasteiger partial charge in [0.15, 0.2) is 0 Å². The van der Waals surface area contributed by atoms with Crippen molar-refractivity contribution in [2.45, 2.75) is 26.9 Å². The topological polar surface area (TPSA) is 70.4 Å². The van der Waals surface area contributed by atoms with Crippen LogP contribution in [-0.2, 0) is 0 Å². The fraction of sp³-hybridized carbons (Fsp3) is 0.455. The molecule has 4 heteroatoms. The highest BCUT2D eigenvalue weighted by Gasteiger charge is 2.24. The van der Waals surface area contributed by atoms with Gasteiger partial charge in [0, 0.05) is 6.20 Å². The van der Waals surface area contributed by atoms with Crippen LogP contribution in [-0.4, -0.2) is 21.2 Å². The first-order valence-corrected chi connectivity index (χ1v) is 4.69. The monoisotopic (exact) mass is 209 g/mol. The Balaban J connectivity index is 3.06. The molecule has 2 N–H and O–H groups in total. The van der Waals surface area contributed by atoms with Crippen LogP contribution in [0.3, 0.4) is 0 Å². The summed E-state index contributed by atoms with van der Waals surface area (Å²) in [5, 5.41) is 18.7. The maximum Gasteiger partial charge on any atom is 0.354 e. The number of pyridine rings is 1. The van der Waals surface area contributed by atoms with E-state index in [4.69, 9.17) is 5.11 Å². The summed E-state index contributed by atoms with van der Waals surface area (Å²) in [6.45, 7) is 5.66. The van der Waals surface area contributed by atoms with Gasteiger partial charge >= 0.3 is 5.97 Å². The smallest absolute Gasteiger partial charge is 0.354 e. The molecule has 4 nitrogen and oxygen atoms in total. The molecule has 0 fully saturated rings. The van der Waals surface area contributed by atoms with Crippen molar-refractivity contribution in [2.75, 3.05) is 0 Å². The van der Waals surface area contributed by atoms with E-state index in [-0.39, 0.29) is 11.1 Å². The number of aliphatic hydroxyl groups is 1. The molecule has 0 unspecified atom stereocenters. The number of nitrogens with zero attached hydrogens (tertiary/aromatic N) is 1. The molecule has 1 rings (SSSR count). The van der Waals surface area contributed by atoms with Crippen LogP contribution in [0.15, 0.2) is 18.3 Å². The average Bonchev–Trinajstić information content (AvgIpc) is 2.15. The lowest BCUT2D eigenvalue weighted by Crippen LogP contribution is -2.18. The second-order valence-electron chi connectivity index (χ2n) is 4.55. The van der Waals surface area contributed by atoms with Crippen LogP contribution >= 0.6 is 0 Å². The molecule has 1 aromatic heterocycles. The van der Waals surface area contributed by atoms with Crippen molar-refractivity contribution >= 4 is 5.97 Å². The van der Waals surface area contributed by atoms with E-state index in [0.717, 1.165) is 0 Å². The first-order chi connectivity index (χ1) is 6.82. The van der Waals surface area contributed by atoms with Gasteiger partial charge in [-0.05, 0) is 23.1 Å². The molecular formula is C11H15NO3. The van der Waals surface area contributed by atoms with Gasteiger partial charge in [-0.1, -0.05) is 20.8 Å². The van der Waals surface area contributed by atoms with Gasteiger partial charge in [0.05, 0.1) is 6.10 Å². The van der Waals surface area contributed by atoms with Gasteiger partial charge in [0.2, 0.25) is 0 Å². The molecule has 0 bridgehead atoms. The zero-order valence-corrected chi connectivity index (χ0v) is 9.06. The number of rotatable bonds is 2. The summed E-state index contributed by atoms with van der Waals surface area (Å²) < 4.78 is 0. The quantitative estimate of drug-likeness (QED) is 0.779. The standard InChI is InChI=1S/C11H15NO3/c1-11(2,3)9(13)7-4-5-12-8(6-7)10(14)15/h4-6,9,13H,1-3H3,(H,14,15)/t9-/m1/s1. The van der Waals surface area contributed by atoms with E-state index in [1.165, 1.54) is 12.3 Å². The number of carboxylic acids is 1. The number of aromatic nitrogens is 1. The second-order valence-corrected chi connectivity index (χ2v) is 4.55. The summed E-state index contributed by atoms with van der Waals surface area (Å²) in [5.41, 5.74) is 0.211. The summed E-state index contributed by atoms with van der Waals surface area (Å²) >= 11 is 0. The molecule has 0 radical (unpaired) electrons. The number of aromatic carboxylic acids is 1. The van der Waals surface area contributed by atoms with Crippen LogP contribution in [0.4, 0.5) is 0 Å². The van der Waals surface area contributed by atoms with Crippen molar-refractivity contribution in [3.05, 3.63) is 29.6 Å². The van der Waals surface area contributed by atoms with Crippen LogP contribution in [0.5, 0.6) is 0 Å². The van der Waals surface area contributed by atoms with Gasteiger partial charge in [0.1, 0.15) is 5.69 Å². The molecule has 0 amide bonds.